The average molecular weight is 498 g/mol. The van der Waals surface area contributed by atoms with Gasteiger partial charge >= 0.3 is 0 Å². The van der Waals surface area contributed by atoms with Gasteiger partial charge in [-0.05, 0) is 36.6 Å². The van der Waals surface area contributed by atoms with E-state index in [9.17, 15) is 0 Å². The van der Waals surface area contributed by atoms with Gasteiger partial charge in [-0.15, -0.1) is 0 Å². The van der Waals surface area contributed by atoms with Crippen molar-refractivity contribution in [3.63, 3.8) is 0 Å². The van der Waals surface area contributed by atoms with E-state index in [1.165, 1.54) is 90.6 Å². The fraction of sp³-hybridized carbons (Fsp3) is 0.423. The van der Waals surface area contributed by atoms with Crippen LogP contribution in [0.5, 0.6) is 0 Å². The van der Waals surface area contributed by atoms with Gasteiger partial charge in [0.1, 0.15) is 12.1 Å². The van der Waals surface area contributed by atoms with E-state index >= 15 is 0 Å². The summed E-state index contributed by atoms with van der Waals surface area (Å²) < 4.78 is 2.56. The number of hydrogen-bond acceptors (Lipinski definition) is 0. The van der Waals surface area contributed by atoms with E-state index < -0.39 is 0 Å². The summed E-state index contributed by atoms with van der Waals surface area (Å²) in [7, 11) is 0. The summed E-state index contributed by atoms with van der Waals surface area (Å²) in [5, 5.41) is 2.66. The first-order valence-corrected chi connectivity index (χ1v) is 11.2. The van der Waals surface area contributed by atoms with Crippen LogP contribution in [-0.4, -0.2) is 4.98 Å². The largest absolute Gasteiger partial charge is 1.00 e. The molecule has 1 aliphatic rings. The van der Waals surface area contributed by atoms with Gasteiger partial charge in [0.15, 0.2) is 0 Å². The van der Waals surface area contributed by atoms with Crippen LogP contribution in [0.25, 0.3) is 32.8 Å². The minimum atomic E-state index is 0. The first kappa shape index (κ1) is 20.6. The van der Waals surface area contributed by atoms with Crippen molar-refractivity contribution in [3.05, 3.63) is 54.6 Å². The number of rotatable bonds is 6. The average Bonchev–Trinajstić information content (AvgIpc) is 3.12. The highest BCUT2D eigenvalue weighted by Gasteiger charge is 2.19. The lowest BCUT2D eigenvalue weighted by atomic mass is 9.85. The van der Waals surface area contributed by atoms with Crippen LogP contribution in [0.4, 0.5) is 0 Å². The van der Waals surface area contributed by atoms with Crippen molar-refractivity contribution in [2.45, 2.75) is 64.3 Å². The first-order chi connectivity index (χ1) is 13.9. The number of aromatic nitrogens is 2. The van der Waals surface area contributed by atoms with E-state index in [1.54, 1.807) is 0 Å². The van der Waals surface area contributed by atoms with Crippen LogP contribution < -0.4 is 28.5 Å². The molecular formula is C26H31IN2. The minimum absolute atomic E-state index is 0. The summed E-state index contributed by atoms with van der Waals surface area (Å²) in [5.74, 6) is 1.01. The van der Waals surface area contributed by atoms with Gasteiger partial charge in [-0.2, -0.15) is 4.57 Å². The molecule has 3 heteroatoms. The van der Waals surface area contributed by atoms with Crippen molar-refractivity contribution in [3.8, 4) is 0 Å². The van der Waals surface area contributed by atoms with Gasteiger partial charge in [0.25, 0.3) is 0 Å². The zero-order valence-corrected chi connectivity index (χ0v) is 19.3. The number of unbranched alkanes of at least 4 members (excludes halogenated alkanes) is 2. The Kier molecular flexibility index (Phi) is 6.74. The molecule has 1 fully saturated rings. The van der Waals surface area contributed by atoms with E-state index in [-0.39, 0.29) is 24.0 Å². The minimum Gasteiger partial charge on any atom is -1.00 e. The van der Waals surface area contributed by atoms with Crippen LogP contribution >= 0.6 is 0 Å². The summed E-state index contributed by atoms with van der Waals surface area (Å²) in [6, 6.07) is 19.8. The Morgan fingerprint density at radius 3 is 2.52 bits per heavy atom. The van der Waals surface area contributed by atoms with Gasteiger partial charge in [-0.25, -0.2) is 0 Å². The number of aryl methyl sites for hydroxylation is 1. The second-order valence-electron chi connectivity index (χ2n) is 8.64. The zero-order valence-electron chi connectivity index (χ0n) is 17.2. The molecular weight excluding hydrogens is 467 g/mol. The molecule has 0 atom stereocenters. The van der Waals surface area contributed by atoms with Gasteiger partial charge in [0, 0.05) is 17.9 Å². The Morgan fingerprint density at radius 1 is 0.828 bits per heavy atom. The predicted octanol–water partition coefficient (Wildman–Crippen LogP) is 3.91. The molecule has 29 heavy (non-hydrogen) atoms. The fourth-order valence-electron chi connectivity index (χ4n) is 5.26. The van der Waals surface area contributed by atoms with Crippen molar-refractivity contribution < 1.29 is 28.5 Å². The standard InChI is InChI=1S/C26H30N2.HI/c1-3-11-20(12-4-1)13-5-2-10-18-28-25-17-9-6-14-21(25)19-24-26(28)22-15-7-8-16-23(22)27-24;/h6-9,14-17,19-20H,1-5,10-13,18H2;1H. The molecule has 0 spiro atoms. The molecule has 5 rings (SSSR count). The summed E-state index contributed by atoms with van der Waals surface area (Å²) >= 11 is 0. The summed E-state index contributed by atoms with van der Waals surface area (Å²) in [6.07, 6.45) is 12.8. The first-order valence-electron chi connectivity index (χ1n) is 11.2. The smallest absolute Gasteiger partial charge is 0.238 e. The Hall–Kier alpha value is -1.62. The van der Waals surface area contributed by atoms with E-state index in [4.69, 9.17) is 0 Å². The second-order valence-corrected chi connectivity index (χ2v) is 8.64. The van der Waals surface area contributed by atoms with Crippen molar-refractivity contribution in [2.75, 3.05) is 0 Å². The van der Waals surface area contributed by atoms with Gasteiger partial charge < -0.3 is 29.0 Å². The number of aromatic amines is 1. The van der Waals surface area contributed by atoms with Crippen LogP contribution in [0.15, 0.2) is 54.6 Å². The molecule has 0 radical (unpaired) electrons. The van der Waals surface area contributed by atoms with Crippen LogP contribution in [0, 0.1) is 5.92 Å². The molecule has 1 N–H and O–H groups in total. The molecule has 0 bridgehead atoms. The highest BCUT2D eigenvalue weighted by molar-refractivity contribution is 6.05. The Morgan fingerprint density at radius 2 is 1.62 bits per heavy atom. The third-order valence-electron chi connectivity index (χ3n) is 6.72. The molecule has 0 saturated heterocycles. The number of nitrogens with zero attached hydrogens (tertiary/aromatic N) is 1. The molecule has 1 saturated carbocycles. The van der Waals surface area contributed by atoms with Crippen LogP contribution in [0.3, 0.4) is 0 Å². The molecule has 2 aromatic heterocycles. The lowest BCUT2D eigenvalue weighted by Gasteiger charge is -2.21. The Labute approximate surface area is 190 Å². The summed E-state index contributed by atoms with van der Waals surface area (Å²) in [5.41, 5.74) is 5.20. The molecule has 0 amide bonds. The molecule has 152 valence electrons. The number of benzene rings is 2. The van der Waals surface area contributed by atoms with Gasteiger partial charge in [0.05, 0.1) is 10.9 Å². The van der Waals surface area contributed by atoms with E-state index in [1.807, 2.05) is 0 Å². The number of hydrogen-bond donors (Lipinski definition) is 1. The molecule has 1 aliphatic carbocycles. The maximum atomic E-state index is 3.63. The normalized spacial score (nSPS) is 15.2. The summed E-state index contributed by atoms with van der Waals surface area (Å²) in [6.45, 7) is 1.10. The maximum absolute atomic E-state index is 3.63. The number of halogens is 1. The maximum Gasteiger partial charge on any atom is 0.238 e. The Balaban J connectivity index is 0.00000205. The SMILES string of the molecule is [I-].c1ccc2c(c1)cc1[nH]c3ccccc3c1[n+]2CCCCCC1CCCCC1. The van der Waals surface area contributed by atoms with Gasteiger partial charge in [-0.1, -0.05) is 69.2 Å². The monoisotopic (exact) mass is 498 g/mol. The third kappa shape index (κ3) is 4.30. The number of fused-ring (bicyclic) bond motifs is 4. The van der Waals surface area contributed by atoms with Gasteiger partial charge in [0.2, 0.25) is 11.0 Å². The van der Waals surface area contributed by atoms with Crippen molar-refractivity contribution in [1.29, 1.82) is 0 Å². The van der Waals surface area contributed by atoms with Gasteiger partial charge in [-0.3, -0.25) is 0 Å². The van der Waals surface area contributed by atoms with Crippen molar-refractivity contribution in [1.82, 2.24) is 4.98 Å². The lowest BCUT2D eigenvalue weighted by Crippen LogP contribution is -3.00. The van der Waals surface area contributed by atoms with Crippen LogP contribution in [0.1, 0.15) is 57.8 Å². The third-order valence-corrected chi connectivity index (χ3v) is 6.72. The highest BCUT2D eigenvalue weighted by atomic mass is 127. The molecule has 2 aromatic carbocycles. The van der Waals surface area contributed by atoms with Crippen LogP contribution in [0.2, 0.25) is 0 Å². The lowest BCUT2D eigenvalue weighted by molar-refractivity contribution is -0.645. The topological polar surface area (TPSA) is 19.7 Å². The van der Waals surface area contributed by atoms with E-state index in [2.05, 4.69) is 64.1 Å². The van der Waals surface area contributed by atoms with Crippen molar-refractivity contribution in [2.24, 2.45) is 5.92 Å². The van der Waals surface area contributed by atoms with E-state index in [0.717, 1.165) is 12.5 Å². The fourth-order valence-corrected chi connectivity index (χ4v) is 5.26. The highest BCUT2D eigenvalue weighted by Crippen LogP contribution is 2.28. The number of nitrogens with one attached hydrogen (secondary N) is 1. The second kappa shape index (κ2) is 9.46. The molecule has 0 unspecified atom stereocenters. The molecule has 2 heterocycles. The number of pyridine rings is 1. The molecule has 2 nitrogen and oxygen atoms in total. The number of H-pyrrole nitrogens is 1. The predicted molar refractivity (Wildman–Crippen MR) is 119 cm³/mol. The zero-order chi connectivity index (χ0) is 18.8. The quantitative estimate of drug-likeness (QED) is 0.236. The summed E-state index contributed by atoms with van der Waals surface area (Å²) in [4.78, 5) is 3.63. The Bertz CT molecular complexity index is 1090. The van der Waals surface area contributed by atoms with E-state index in [0.29, 0.717) is 0 Å². The molecule has 4 aromatic rings. The molecule has 0 aliphatic heterocycles. The number of para-hydroxylation sites is 2. The van der Waals surface area contributed by atoms with Crippen molar-refractivity contribution >= 4 is 32.8 Å². The van der Waals surface area contributed by atoms with Crippen LogP contribution in [-0.2, 0) is 6.54 Å².